The second-order valence-electron chi connectivity index (χ2n) is 3.35. The minimum atomic E-state index is -0.342. The van der Waals surface area contributed by atoms with E-state index in [0.29, 0.717) is 5.56 Å². The van der Waals surface area contributed by atoms with E-state index in [1.54, 1.807) is 6.07 Å². The van der Waals surface area contributed by atoms with Gasteiger partial charge in [0.1, 0.15) is 0 Å². The van der Waals surface area contributed by atoms with Crippen LogP contribution in [0.3, 0.4) is 0 Å². The van der Waals surface area contributed by atoms with Crippen LogP contribution in [0, 0.1) is 0 Å². The lowest BCUT2D eigenvalue weighted by Gasteiger charge is -2.14. The van der Waals surface area contributed by atoms with Crippen molar-refractivity contribution in [2.45, 2.75) is 6.42 Å². The predicted molar refractivity (Wildman–Crippen MR) is 51.9 cm³/mol. The van der Waals surface area contributed by atoms with Crippen LogP contribution < -0.4 is 10.6 Å². The van der Waals surface area contributed by atoms with Gasteiger partial charge >= 0.3 is 0 Å². The maximum Gasteiger partial charge on any atom is 0.250 e. The van der Waals surface area contributed by atoms with Crippen molar-refractivity contribution in [2.75, 3.05) is 18.5 Å². The number of nitrogens with two attached hydrogens (primary N) is 1. The summed E-state index contributed by atoms with van der Waals surface area (Å²) in [6.07, 6.45) is 1.01. The van der Waals surface area contributed by atoms with Gasteiger partial charge in [-0.15, -0.1) is 0 Å². The van der Waals surface area contributed by atoms with Crippen LogP contribution in [-0.4, -0.2) is 19.5 Å². The van der Waals surface area contributed by atoms with Gasteiger partial charge in [0.05, 0.1) is 11.3 Å². The molecule has 0 radical (unpaired) electrons. The molecule has 2 N–H and O–H groups in total. The van der Waals surface area contributed by atoms with Crippen LogP contribution in [0.4, 0.5) is 5.69 Å². The Labute approximate surface area is 77.1 Å². The van der Waals surface area contributed by atoms with E-state index in [1.807, 2.05) is 19.2 Å². The molecule has 0 fully saturated rings. The summed E-state index contributed by atoms with van der Waals surface area (Å²) in [5.41, 5.74) is 8.15. The van der Waals surface area contributed by atoms with Gasteiger partial charge in [-0.3, -0.25) is 4.79 Å². The molecule has 2 rings (SSSR count). The molecule has 0 saturated heterocycles. The summed E-state index contributed by atoms with van der Waals surface area (Å²) >= 11 is 0. The van der Waals surface area contributed by atoms with E-state index in [-0.39, 0.29) is 5.91 Å². The molecular weight excluding hydrogens is 164 g/mol. The average molecular weight is 176 g/mol. The minimum absolute atomic E-state index is 0.342. The molecular formula is C10H12N2O. The molecule has 3 heteroatoms. The van der Waals surface area contributed by atoms with Gasteiger partial charge in [-0.1, -0.05) is 12.1 Å². The Morgan fingerprint density at radius 1 is 1.54 bits per heavy atom. The highest BCUT2D eigenvalue weighted by atomic mass is 16.1. The summed E-state index contributed by atoms with van der Waals surface area (Å²) in [4.78, 5) is 13.2. The number of para-hydroxylation sites is 1. The van der Waals surface area contributed by atoms with Gasteiger partial charge in [0.2, 0.25) is 0 Å². The molecule has 3 nitrogen and oxygen atoms in total. The molecule has 1 amide bonds. The number of nitrogens with zero attached hydrogens (tertiary/aromatic N) is 1. The molecule has 1 aliphatic heterocycles. The molecule has 0 atom stereocenters. The van der Waals surface area contributed by atoms with Crippen molar-refractivity contribution in [3.8, 4) is 0 Å². The van der Waals surface area contributed by atoms with Gasteiger partial charge in [0.25, 0.3) is 5.91 Å². The zero-order chi connectivity index (χ0) is 9.42. The molecule has 1 heterocycles. The quantitative estimate of drug-likeness (QED) is 0.687. The highest BCUT2D eigenvalue weighted by molar-refractivity contribution is 5.99. The molecule has 0 bridgehead atoms. The molecule has 0 unspecified atom stereocenters. The summed E-state index contributed by atoms with van der Waals surface area (Å²) in [5.74, 6) is -0.342. The number of primary amides is 1. The number of likely N-dealkylation sites (N-methyl/N-ethyl adjacent to an activating group) is 1. The first-order chi connectivity index (χ1) is 6.20. The minimum Gasteiger partial charge on any atom is -0.373 e. The summed E-state index contributed by atoms with van der Waals surface area (Å²) in [6.45, 7) is 0.972. The topological polar surface area (TPSA) is 46.3 Å². The van der Waals surface area contributed by atoms with Crippen LogP contribution in [-0.2, 0) is 6.42 Å². The summed E-state index contributed by atoms with van der Waals surface area (Å²) in [5, 5.41) is 0. The number of carbonyl (C=O) groups excluding carboxylic acids is 1. The summed E-state index contributed by atoms with van der Waals surface area (Å²) < 4.78 is 0. The van der Waals surface area contributed by atoms with E-state index in [1.165, 1.54) is 5.56 Å². The van der Waals surface area contributed by atoms with Crippen molar-refractivity contribution in [3.05, 3.63) is 29.3 Å². The molecule has 68 valence electrons. The SMILES string of the molecule is CN1CCc2cccc(C(N)=O)c21. The van der Waals surface area contributed by atoms with Crippen LogP contribution in [0.1, 0.15) is 15.9 Å². The first-order valence-electron chi connectivity index (χ1n) is 4.33. The zero-order valence-corrected chi connectivity index (χ0v) is 7.58. The van der Waals surface area contributed by atoms with E-state index < -0.39 is 0 Å². The van der Waals surface area contributed by atoms with Gasteiger partial charge in [-0.25, -0.2) is 0 Å². The average Bonchev–Trinajstić information content (AvgIpc) is 2.48. The Morgan fingerprint density at radius 2 is 2.31 bits per heavy atom. The van der Waals surface area contributed by atoms with Gasteiger partial charge in [-0.05, 0) is 18.1 Å². The Morgan fingerprint density at radius 3 is 3.00 bits per heavy atom. The third kappa shape index (κ3) is 1.16. The van der Waals surface area contributed by atoms with Gasteiger partial charge in [0.15, 0.2) is 0 Å². The molecule has 0 saturated carbocycles. The number of carbonyl (C=O) groups is 1. The third-order valence-electron chi connectivity index (χ3n) is 2.48. The Kier molecular flexibility index (Phi) is 1.72. The third-order valence-corrected chi connectivity index (χ3v) is 2.48. The van der Waals surface area contributed by atoms with E-state index in [0.717, 1.165) is 18.7 Å². The highest BCUT2D eigenvalue weighted by Gasteiger charge is 2.20. The fraction of sp³-hybridized carbons (Fsp3) is 0.300. The number of anilines is 1. The molecule has 1 aromatic carbocycles. The summed E-state index contributed by atoms with van der Waals surface area (Å²) in [7, 11) is 1.98. The van der Waals surface area contributed by atoms with Crippen LogP contribution >= 0.6 is 0 Å². The van der Waals surface area contributed by atoms with Crippen molar-refractivity contribution >= 4 is 11.6 Å². The molecule has 1 aliphatic rings. The Hall–Kier alpha value is -1.51. The van der Waals surface area contributed by atoms with Crippen LogP contribution in [0.15, 0.2) is 18.2 Å². The summed E-state index contributed by atoms with van der Waals surface area (Å²) in [6, 6.07) is 5.71. The first kappa shape index (κ1) is 8.10. The monoisotopic (exact) mass is 176 g/mol. The number of hydrogen-bond acceptors (Lipinski definition) is 2. The number of hydrogen-bond donors (Lipinski definition) is 1. The lowest BCUT2D eigenvalue weighted by Crippen LogP contribution is -2.19. The van der Waals surface area contributed by atoms with Crippen molar-refractivity contribution < 1.29 is 4.79 Å². The number of rotatable bonds is 1. The maximum absolute atomic E-state index is 11.1. The van der Waals surface area contributed by atoms with Crippen LogP contribution in [0.5, 0.6) is 0 Å². The second-order valence-corrected chi connectivity index (χ2v) is 3.35. The van der Waals surface area contributed by atoms with Gasteiger partial charge in [0, 0.05) is 13.6 Å². The predicted octanol–water partition coefficient (Wildman–Crippen LogP) is 0.778. The normalized spacial score (nSPS) is 14.4. The molecule has 0 spiro atoms. The van der Waals surface area contributed by atoms with E-state index in [2.05, 4.69) is 4.90 Å². The zero-order valence-electron chi connectivity index (χ0n) is 7.58. The number of amides is 1. The van der Waals surface area contributed by atoms with E-state index in [4.69, 9.17) is 5.73 Å². The standard InChI is InChI=1S/C10H12N2O/c1-12-6-5-7-3-2-4-8(9(7)12)10(11)13/h2-4H,5-6H2,1H3,(H2,11,13). The number of fused-ring (bicyclic) bond motifs is 1. The second kappa shape index (κ2) is 2.76. The van der Waals surface area contributed by atoms with E-state index in [9.17, 15) is 4.79 Å². The highest BCUT2D eigenvalue weighted by Crippen LogP contribution is 2.29. The molecule has 1 aromatic rings. The first-order valence-corrected chi connectivity index (χ1v) is 4.33. The molecule has 13 heavy (non-hydrogen) atoms. The Balaban J connectivity index is 2.60. The molecule has 0 aromatic heterocycles. The molecule has 0 aliphatic carbocycles. The van der Waals surface area contributed by atoms with Crippen LogP contribution in [0.25, 0.3) is 0 Å². The lowest BCUT2D eigenvalue weighted by atomic mass is 10.1. The van der Waals surface area contributed by atoms with Crippen molar-refractivity contribution in [1.82, 2.24) is 0 Å². The fourth-order valence-electron chi connectivity index (χ4n) is 1.84. The van der Waals surface area contributed by atoms with E-state index >= 15 is 0 Å². The van der Waals surface area contributed by atoms with Crippen molar-refractivity contribution in [2.24, 2.45) is 5.73 Å². The van der Waals surface area contributed by atoms with Gasteiger partial charge in [-0.2, -0.15) is 0 Å². The van der Waals surface area contributed by atoms with Crippen molar-refractivity contribution in [1.29, 1.82) is 0 Å². The largest absolute Gasteiger partial charge is 0.373 e. The lowest BCUT2D eigenvalue weighted by molar-refractivity contribution is 0.100. The number of benzene rings is 1. The van der Waals surface area contributed by atoms with Gasteiger partial charge < -0.3 is 10.6 Å². The van der Waals surface area contributed by atoms with Crippen molar-refractivity contribution in [3.63, 3.8) is 0 Å². The van der Waals surface area contributed by atoms with Crippen LogP contribution in [0.2, 0.25) is 0 Å². The smallest absolute Gasteiger partial charge is 0.250 e. The fourth-order valence-corrected chi connectivity index (χ4v) is 1.84. The maximum atomic E-state index is 11.1. The Bertz CT molecular complexity index is 360.